The topological polar surface area (TPSA) is 130 Å². The summed E-state index contributed by atoms with van der Waals surface area (Å²) in [5.41, 5.74) is -1.73. The van der Waals surface area contributed by atoms with E-state index in [0.717, 1.165) is 24.3 Å². The van der Waals surface area contributed by atoms with Crippen molar-refractivity contribution in [2.24, 2.45) is 13.0 Å². The van der Waals surface area contributed by atoms with Crippen LogP contribution in [0.2, 0.25) is 0 Å². The van der Waals surface area contributed by atoms with Crippen LogP contribution in [0.15, 0.2) is 24.3 Å². The lowest BCUT2D eigenvalue weighted by molar-refractivity contribution is -0.182. The molecule has 3 aromatic rings. The summed E-state index contributed by atoms with van der Waals surface area (Å²) in [5.74, 6) is -3.82. The Bertz CT molecular complexity index is 1530. The van der Waals surface area contributed by atoms with Crippen molar-refractivity contribution >= 4 is 34.6 Å². The summed E-state index contributed by atoms with van der Waals surface area (Å²) in [7, 11) is 1.36. The van der Waals surface area contributed by atoms with E-state index in [1.165, 1.54) is 11.6 Å². The number of aryl methyl sites for hydroxylation is 1. The molecule has 0 saturated heterocycles. The lowest BCUT2D eigenvalue weighted by Gasteiger charge is -2.30. The van der Waals surface area contributed by atoms with E-state index in [0.29, 0.717) is 0 Å². The predicted molar refractivity (Wildman–Crippen MR) is 143 cm³/mol. The fraction of sp³-hybridized carbons (Fsp3) is 0.481. The lowest BCUT2D eigenvalue weighted by Crippen LogP contribution is -2.40. The number of halogens is 8. The number of pyridine rings is 1. The molecule has 2 heterocycles. The molecule has 45 heavy (non-hydrogen) atoms. The minimum absolute atomic E-state index is 0.0285. The van der Waals surface area contributed by atoms with Gasteiger partial charge in [-0.25, -0.2) is 13.8 Å². The first-order valence-electron chi connectivity index (χ1n) is 13.6. The molecule has 0 radical (unpaired) electrons. The molecule has 2 amide bonds. The van der Waals surface area contributed by atoms with Crippen molar-refractivity contribution in [3.63, 3.8) is 0 Å². The molecule has 18 heteroatoms. The zero-order valence-electron chi connectivity index (χ0n) is 23.5. The summed E-state index contributed by atoms with van der Waals surface area (Å²) in [4.78, 5) is 32.9. The van der Waals surface area contributed by atoms with Crippen LogP contribution in [0.25, 0.3) is 11.2 Å². The summed E-state index contributed by atoms with van der Waals surface area (Å²) in [6.45, 7) is -2.16. The van der Waals surface area contributed by atoms with E-state index in [1.807, 2.05) is 0 Å². The average molecular weight is 653 g/mol. The highest BCUT2D eigenvalue weighted by atomic mass is 19.4. The number of nitrogens with zero attached hydrogens (tertiary/aromatic N) is 3. The van der Waals surface area contributed by atoms with E-state index in [4.69, 9.17) is 9.84 Å². The fourth-order valence-electron chi connectivity index (χ4n) is 4.88. The van der Waals surface area contributed by atoms with E-state index < -0.39 is 72.9 Å². The number of aliphatic hydroxyl groups is 1. The SMILES string of the molecule is Cn1c(Nc2cc(CNC(=O)CO)ccc2C(F)(F)F)nc2cc(C(=O)N[C@H]3CC[C@H](C(F)(F)F)CC3)c(OCC(F)F)nc21. The number of hydrogen-bond acceptors (Lipinski definition) is 7. The Kier molecular flexibility index (Phi) is 10.0. The number of imidazole rings is 1. The maximum absolute atomic E-state index is 13.8. The van der Waals surface area contributed by atoms with E-state index in [-0.39, 0.29) is 60.5 Å². The van der Waals surface area contributed by atoms with Gasteiger partial charge in [0.25, 0.3) is 12.3 Å². The second-order valence-electron chi connectivity index (χ2n) is 10.4. The van der Waals surface area contributed by atoms with Crippen LogP contribution in [0.1, 0.15) is 47.2 Å². The van der Waals surface area contributed by atoms with Gasteiger partial charge in [0.2, 0.25) is 17.7 Å². The van der Waals surface area contributed by atoms with Crippen molar-refractivity contribution in [2.45, 2.75) is 57.0 Å². The maximum atomic E-state index is 13.8. The zero-order valence-corrected chi connectivity index (χ0v) is 23.5. The Labute approximate surface area is 250 Å². The van der Waals surface area contributed by atoms with Gasteiger partial charge in [-0.15, -0.1) is 0 Å². The highest BCUT2D eigenvalue weighted by Crippen LogP contribution is 2.39. The van der Waals surface area contributed by atoms with Crippen LogP contribution in [0.3, 0.4) is 0 Å². The zero-order chi connectivity index (χ0) is 33.1. The van der Waals surface area contributed by atoms with Crippen molar-refractivity contribution in [2.75, 3.05) is 18.5 Å². The predicted octanol–water partition coefficient (Wildman–Crippen LogP) is 4.83. The third-order valence-electron chi connectivity index (χ3n) is 7.19. The Morgan fingerprint density at radius 1 is 1.07 bits per heavy atom. The number of nitrogens with one attached hydrogen (secondary N) is 3. The van der Waals surface area contributed by atoms with Gasteiger partial charge in [0.1, 0.15) is 17.7 Å². The summed E-state index contributed by atoms with van der Waals surface area (Å²) in [5, 5.41) is 16.3. The van der Waals surface area contributed by atoms with Crippen LogP contribution in [-0.4, -0.2) is 63.3 Å². The normalized spacial score (nSPS) is 17.4. The molecular formula is C27H28F8N6O4. The minimum Gasteiger partial charge on any atom is -0.471 e. The number of anilines is 2. The smallest absolute Gasteiger partial charge is 0.418 e. The number of carbonyl (C=O) groups excluding carboxylic acids is 2. The third kappa shape index (κ3) is 8.29. The van der Waals surface area contributed by atoms with Crippen molar-refractivity contribution in [3.05, 3.63) is 41.0 Å². The summed E-state index contributed by atoms with van der Waals surface area (Å²) in [6.07, 6.45) is -12.5. The first kappa shape index (κ1) is 33.7. The number of benzene rings is 1. The average Bonchev–Trinajstić information content (AvgIpc) is 3.27. The molecule has 0 aliphatic heterocycles. The maximum Gasteiger partial charge on any atom is 0.418 e. The van der Waals surface area contributed by atoms with Crippen LogP contribution >= 0.6 is 0 Å². The largest absolute Gasteiger partial charge is 0.471 e. The Balaban J connectivity index is 1.65. The Morgan fingerprint density at radius 2 is 1.76 bits per heavy atom. The molecule has 1 aliphatic carbocycles. The van der Waals surface area contributed by atoms with Crippen LogP contribution in [0.4, 0.5) is 46.8 Å². The van der Waals surface area contributed by atoms with E-state index in [1.54, 1.807) is 0 Å². The Morgan fingerprint density at radius 3 is 2.36 bits per heavy atom. The highest BCUT2D eigenvalue weighted by molar-refractivity contribution is 5.99. The van der Waals surface area contributed by atoms with Crippen LogP contribution < -0.4 is 20.7 Å². The van der Waals surface area contributed by atoms with Gasteiger partial charge in [0.15, 0.2) is 12.3 Å². The van der Waals surface area contributed by atoms with E-state index >= 15 is 0 Å². The molecule has 0 spiro atoms. The first-order chi connectivity index (χ1) is 21.1. The van der Waals surface area contributed by atoms with Gasteiger partial charge in [0, 0.05) is 19.6 Å². The van der Waals surface area contributed by atoms with Crippen molar-refractivity contribution in [1.29, 1.82) is 0 Å². The Hall–Kier alpha value is -4.22. The molecule has 0 atom stereocenters. The first-order valence-corrected chi connectivity index (χ1v) is 13.6. The molecule has 4 N–H and O–H groups in total. The van der Waals surface area contributed by atoms with Crippen LogP contribution in [0, 0.1) is 5.92 Å². The number of hydrogen-bond donors (Lipinski definition) is 4. The number of carbonyl (C=O) groups is 2. The van der Waals surface area contributed by atoms with E-state index in [9.17, 15) is 44.7 Å². The second kappa shape index (κ2) is 13.4. The third-order valence-corrected chi connectivity index (χ3v) is 7.19. The molecule has 246 valence electrons. The molecule has 1 aliphatic rings. The molecule has 2 aromatic heterocycles. The molecular weight excluding hydrogens is 624 g/mol. The van der Waals surface area contributed by atoms with Crippen LogP contribution in [0.5, 0.6) is 5.88 Å². The molecule has 1 aromatic carbocycles. The van der Waals surface area contributed by atoms with Crippen molar-refractivity contribution in [3.8, 4) is 5.88 Å². The number of alkyl halides is 8. The number of aromatic nitrogens is 3. The fourth-order valence-corrected chi connectivity index (χ4v) is 4.88. The van der Waals surface area contributed by atoms with Gasteiger partial charge in [-0.1, -0.05) is 6.07 Å². The number of fused-ring (bicyclic) bond motifs is 1. The van der Waals surface area contributed by atoms with Crippen molar-refractivity contribution in [1.82, 2.24) is 25.2 Å². The summed E-state index contributed by atoms with van der Waals surface area (Å²) in [6, 6.07) is 3.53. The van der Waals surface area contributed by atoms with Crippen molar-refractivity contribution < 1.29 is 54.6 Å². The lowest BCUT2D eigenvalue weighted by atomic mass is 9.85. The van der Waals surface area contributed by atoms with Gasteiger partial charge in [0.05, 0.1) is 17.2 Å². The summed E-state index contributed by atoms with van der Waals surface area (Å²) < 4.78 is 113. The minimum atomic E-state index is -4.81. The van der Waals surface area contributed by atoms with Crippen LogP contribution in [-0.2, 0) is 24.6 Å². The molecule has 1 fully saturated rings. The summed E-state index contributed by atoms with van der Waals surface area (Å²) >= 11 is 0. The number of rotatable bonds is 10. The number of aliphatic hydroxyl groups excluding tert-OH is 1. The quantitative estimate of drug-likeness (QED) is 0.231. The van der Waals surface area contributed by atoms with Gasteiger partial charge in [-0.05, 0) is 49.4 Å². The standard InChI is InChI=1S/C27H28F8N6O4/c1-41-22-19(39-25(41)38-18-8-13(10-36-21(43)11-42)2-7-17(18)27(33,34)35)9-16(24(40-22)45-12-20(28)29)23(44)37-15-5-3-14(4-6-15)26(30,31)32/h2,7-9,14-15,20,42H,3-6,10-12H2,1H3,(H,36,43)(H,37,44)(H,38,39)/t14-,15-. The second-order valence-corrected chi connectivity index (χ2v) is 10.4. The monoisotopic (exact) mass is 652 g/mol. The molecule has 4 rings (SSSR count). The molecule has 1 saturated carbocycles. The molecule has 0 unspecified atom stereocenters. The van der Waals surface area contributed by atoms with Gasteiger partial charge in [-0.2, -0.15) is 31.3 Å². The highest BCUT2D eigenvalue weighted by Gasteiger charge is 2.41. The van der Waals surface area contributed by atoms with Gasteiger partial charge < -0.3 is 25.8 Å². The van der Waals surface area contributed by atoms with Gasteiger partial charge >= 0.3 is 12.4 Å². The van der Waals surface area contributed by atoms with Gasteiger partial charge in [-0.3, -0.25) is 14.2 Å². The molecule has 10 nitrogen and oxygen atoms in total. The molecule has 0 bridgehead atoms. The van der Waals surface area contributed by atoms with E-state index in [2.05, 4.69) is 25.9 Å². The number of ether oxygens (including phenoxy) is 1. The number of amides is 2.